The van der Waals surface area contributed by atoms with Crippen molar-refractivity contribution < 1.29 is 33.5 Å². The molecule has 0 aliphatic heterocycles. The lowest BCUT2D eigenvalue weighted by Crippen LogP contribution is -2.48. The number of carbonyl (C=O) groups is 3. The maximum Gasteiger partial charge on any atom is 0.413 e. The zero-order valence-electron chi connectivity index (χ0n) is 22.8. The average Bonchev–Trinajstić information content (AvgIpc) is 2.93. The van der Waals surface area contributed by atoms with Gasteiger partial charge in [-0.05, 0) is 63.5 Å². The lowest BCUT2D eigenvalue weighted by atomic mass is 9.84. The van der Waals surface area contributed by atoms with Crippen LogP contribution in [0.25, 0.3) is 0 Å². The molecule has 0 radical (unpaired) electrons. The Kier molecular flexibility index (Phi) is 16.1. The largest absolute Gasteiger partial charge is 0.465 e. The van der Waals surface area contributed by atoms with Crippen molar-refractivity contribution in [2.24, 2.45) is 17.6 Å². The monoisotopic (exact) mass is 571 g/mol. The molecule has 12 heteroatoms. The first kappa shape index (κ1) is 34.1. The summed E-state index contributed by atoms with van der Waals surface area (Å²) in [6.07, 6.45) is 9.93. The van der Waals surface area contributed by atoms with Gasteiger partial charge in [-0.2, -0.15) is 0 Å². The van der Waals surface area contributed by atoms with Crippen molar-refractivity contribution in [3.8, 4) is 5.75 Å². The van der Waals surface area contributed by atoms with Gasteiger partial charge in [0.2, 0.25) is 0 Å². The number of esters is 2. The molecule has 3 rings (SSSR count). The average molecular weight is 572 g/mol. The van der Waals surface area contributed by atoms with Crippen molar-refractivity contribution in [2.45, 2.75) is 90.1 Å². The van der Waals surface area contributed by atoms with Crippen LogP contribution in [0.4, 0.5) is 10.5 Å². The molecule has 0 spiro atoms. The van der Waals surface area contributed by atoms with Gasteiger partial charge in [-0.1, -0.05) is 38.5 Å². The fourth-order valence-corrected chi connectivity index (χ4v) is 4.89. The van der Waals surface area contributed by atoms with E-state index in [0.717, 1.165) is 44.9 Å². The van der Waals surface area contributed by atoms with E-state index in [9.17, 15) is 24.5 Å². The van der Waals surface area contributed by atoms with E-state index < -0.39 is 23.0 Å². The molecule has 11 nitrogen and oxygen atoms in total. The zero-order chi connectivity index (χ0) is 27.9. The first-order valence-corrected chi connectivity index (χ1v) is 13.6. The summed E-state index contributed by atoms with van der Waals surface area (Å²) in [4.78, 5) is 45.7. The summed E-state index contributed by atoms with van der Waals surface area (Å²) >= 11 is 0. The van der Waals surface area contributed by atoms with Crippen molar-refractivity contribution in [2.75, 3.05) is 13.2 Å². The summed E-state index contributed by atoms with van der Waals surface area (Å²) < 4.78 is 15.1. The fraction of sp³-hybridized carbons (Fsp3) is 0.667. The second-order valence-electron chi connectivity index (χ2n) is 9.59. The van der Waals surface area contributed by atoms with Gasteiger partial charge in [-0.25, -0.2) is 9.59 Å². The Labute approximate surface area is 236 Å². The van der Waals surface area contributed by atoms with E-state index >= 15 is 0 Å². The number of hydrogen-bond donors (Lipinski definition) is 2. The number of ether oxygens (including phenoxy) is 3. The number of amides is 1. The predicted molar refractivity (Wildman–Crippen MR) is 148 cm³/mol. The van der Waals surface area contributed by atoms with Crippen LogP contribution >= 0.6 is 12.4 Å². The third-order valence-electron chi connectivity index (χ3n) is 6.91. The first-order chi connectivity index (χ1) is 18.3. The molecule has 39 heavy (non-hydrogen) atoms. The van der Waals surface area contributed by atoms with Gasteiger partial charge in [0.1, 0.15) is 17.8 Å². The normalized spacial score (nSPS) is 17.2. The molecule has 2 fully saturated rings. The third-order valence-corrected chi connectivity index (χ3v) is 6.91. The zero-order valence-corrected chi connectivity index (χ0v) is 23.6. The number of non-ortho nitro benzene ring substituents is 1. The van der Waals surface area contributed by atoms with Crippen LogP contribution in [-0.4, -0.2) is 48.3 Å². The van der Waals surface area contributed by atoms with Crippen molar-refractivity contribution in [1.82, 2.24) is 5.32 Å². The minimum atomic E-state index is -0.780. The number of nitro groups is 1. The summed E-state index contributed by atoms with van der Waals surface area (Å²) in [6.45, 7) is 4.19. The molecule has 3 N–H and O–H groups in total. The Hall–Kier alpha value is -2.92. The maximum atomic E-state index is 12.2. The second kappa shape index (κ2) is 18.4. The smallest absolute Gasteiger partial charge is 0.413 e. The van der Waals surface area contributed by atoms with Gasteiger partial charge in [0, 0.05) is 12.1 Å². The second-order valence-corrected chi connectivity index (χ2v) is 9.59. The molecule has 1 amide bonds. The molecule has 0 aromatic heterocycles. The van der Waals surface area contributed by atoms with Crippen molar-refractivity contribution in [3.05, 3.63) is 34.4 Å². The van der Waals surface area contributed by atoms with E-state index in [1.165, 1.54) is 43.5 Å². The van der Waals surface area contributed by atoms with E-state index in [1.54, 1.807) is 6.92 Å². The molecule has 0 bridgehead atoms. The molecule has 1 aromatic carbocycles. The lowest BCUT2D eigenvalue weighted by molar-refractivity contribution is -0.384. The Balaban J connectivity index is 0.000000460. The topological polar surface area (TPSA) is 160 Å². The Morgan fingerprint density at radius 1 is 0.897 bits per heavy atom. The molecular formula is C27H42ClN3O8. The standard InChI is InChI=1S/C17H22N2O6.C10H19NO2.ClH/c1-2-24-16(20)15(12-6-4-3-5-7-12)18-17(21)25-14-10-8-13(9-11-14)19(22)23;1-2-13-10(12)9(11)8-6-4-3-5-7-8;/h8-12,15H,2-7H2,1H3,(H,18,21);8-9H,2-7,11H2,1H3;1H/t15-;9-;/m00./s1. The molecule has 220 valence electrons. The number of rotatable bonds is 9. The molecular weight excluding hydrogens is 530 g/mol. The van der Waals surface area contributed by atoms with Gasteiger partial charge in [0.05, 0.1) is 18.1 Å². The van der Waals surface area contributed by atoms with Crippen LogP contribution in [0.5, 0.6) is 5.75 Å². The van der Waals surface area contributed by atoms with Crippen LogP contribution in [0.15, 0.2) is 24.3 Å². The summed E-state index contributed by atoms with van der Waals surface area (Å²) in [5, 5.41) is 13.2. The number of nitro benzene ring substituents is 1. The molecule has 0 unspecified atom stereocenters. The predicted octanol–water partition coefficient (Wildman–Crippen LogP) is 5.07. The van der Waals surface area contributed by atoms with E-state index in [0.29, 0.717) is 12.5 Å². The number of halogens is 1. The van der Waals surface area contributed by atoms with Crippen LogP contribution < -0.4 is 15.8 Å². The highest BCUT2D eigenvalue weighted by molar-refractivity contribution is 5.85. The summed E-state index contributed by atoms with van der Waals surface area (Å²) in [5.74, 6) is -0.149. The summed E-state index contributed by atoms with van der Waals surface area (Å²) in [5.41, 5.74) is 5.71. The summed E-state index contributed by atoms with van der Waals surface area (Å²) in [6, 6.07) is 4.01. The van der Waals surface area contributed by atoms with Crippen molar-refractivity contribution in [1.29, 1.82) is 0 Å². The molecule has 2 aliphatic carbocycles. The van der Waals surface area contributed by atoms with Crippen LogP contribution in [0.2, 0.25) is 0 Å². The maximum absolute atomic E-state index is 12.2. The van der Waals surface area contributed by atoms with Gasteiger partial charge in [0.15, 0.2) is 0 Å². The van der Waals surface area contributed by atoms with Crippen LogP contribution in [-0.2, 0) is 19.1 Å². The fourth-order valence-electron chi connectivity index (χ4n) is 4.89. The van der Waals surface area contributed by atoms with Gasteiger partial charge < -0.3 is 25.3 Å². The van der Waals surface area contributed by atoms with Gasteiger partial charge in [-0.15, -0.1) is 12.4 Å². The highest BCUT2D eigenvalue weighted by Gasteiger charge is 2.32. The first-order valence-electron chi connectivity index (χ1n) is 13.6. The number of hydrogen-bond acceptors (Lipinski definition) is 9. The molecule has 2 aliphatic rings. The Morgan fingerprint density at radius 3 is 1.87 bits per heavy atom. The van der Waals surface area contributed by atoms with Crippen molar-refractivity contribution >= 4 is 36.1 Å². The highest BCUT2D eigenvalue weighted by atomic mass is 35.5. The highest BCUT2D eigenvalue weighted by Crippen LogP contribution is 2.28. The number of benzene rings is 1. The minimum absolute atomic E-state index is 0. The quantitative estimate of drug-likeness (QED) is 0.234. The van der Waals surface area contributed by atoms with Crippen LogP contribution in [0.1, 0.15) is 78.1 Å². The van der Waals surface area contributed by atoms with Crippen LogP contribution in [0.3, 0.4) is 0 Å². The van der Waals surface area contributed by atoms with Gasteiger partial charge >= 0.3 is 18.0 Å². The number of nitrogens with one attached hydrogen (secondary N) is 1. The SMILES string of the molecule is CCOC(=O)[C@@H](N)C1CCCCC1.CCOC(=O)[C@@H](NC(=O)Oc1ccc([N+](=O)[O-])cc1)C1CCCCC1.Cl. The molecule has 2 atom stereocenters. The van der Waals surface area contributed by atoms with E-state index in [1.807, 2.05) is 6.92 Å². The molecule has 0 saturated heterocycles. The van der Waals surface area contributed by atoms with Gasteiger partial charge in [-0.3, -0.25) is 14.9 Å². The van der Waals surface area contributed by atoms with E-state index in [-0.39, 0.29) is 48.4 Å². The lowest BCUT2D eigenvalue weighted by Gasteiger charge is -2.28. The Morgan fingerprint density at radius 2 is 1.38 bits per heavy atom. The molecule has 0 heterocycles. The molecule has 2 saturated carbocycles. The Bertz CT molecular complexity index is 903. The third kappa shape index (κ3) is 11.8. The number of nitrogens with zero attached hydrogens (tertiary/aromatic N) is 1. The van der Waals surface area contributed by atoms with E-state index in [4.69, 9.17) is 19.9 Å². The van der Waals surface area contributed by atoms with Crippen LogP contribution in [0, 0.1) is 22.0 Å². The number of carbonyl (C=O) groups excluding carboxylic acids is 3. The summed E-state index contributed by atoms with van der Waals surface area (Å²) in [7, 11) is 0. The van der Waals surface area contributed by atoms with E-state index in [2.05, 4.69) is 5.32 Å². The van der Waals surface area contributed by atoms with Crippen molar-refractivity contribution in [3.63, 3.8) is 0 Å². The number of nitrogens with two attached hydrogens (primary N) is 1. The van der Waals surface area contributed by atoms with Gasteiger partial charge in [0.25, 0.3) is 5.69 Å². The minimum Gasteiger partial charge on any atom is -0.465 e. The molecule has 1 aromatic rings.